The minimum atomic E-state index is -0.126. The molecule has 6 heteroatoms. The smallest absolute Gasteiger partial charge is 0.222 e. The quantitative estimate of drug-likeness (QED) is 0.538. The van der Waals surface area contributed by atoms with E-state index in [2.05, 4.69) is 30.9 Å². The lowest BCUT2D eigenvalue weighted by molar-refractivity contribution is -0.133. The summed E-state index contributed by atoms with van der Waals surface area (Å²) < 4.78 is 11.8. The van der Waals surface area contributed by atoms with Crippen LogP contribution in [-0.2, 0) is 16.1 Å². The number of hydrogen-bond acceptors (Lipinski definition) is 5. The van der Waals surface area contributed by atoms with Crippen LogP contribution in [0.25, 0.3) is 0 Å². The number of nitriles is 1. The summed E-state index contributed by atoms with van der Waals surface area (Å²) in [5, 5.41) is 9.01. The third-order valence-corrected chi connectivity index (χ3v) is 6.08. The third kappa shape index (κ3) is 7.59. The Balaban J connectivity index is 1.62. The first-order valence-corrected chi connectivity index (χ1v) is 11.7. The molecule has 1 saturated heterocycles. The molecule has 3 rings (SSSR count). The standard InChI is InChI=1S/C27H35N3O3/c1-21(2)7-12-27(31)30-15-13-29(14-16-30)19-26(24-5-4-6-25(17-24)32-3)33-20-23-10-8-22(18-28)9-11-23/h4-6,8-11,17,21,26H,7,12-16,19-20H2,1-3H3. The van der Waals surface area contributed by atoms with Crippen molar-refractivity contribution in [3.05, 3.63) is 65.2 Å². The van der Waals surface area contributed by atoms with Gasteiger partial charge >= 0.3 is 0 Å². The lowest BCUT2D eigenvalue weighted by Gasteiger charge is -2.36. The second-order valence-electron chi connectivity index (χ2n) is 9.00. The van der Waals surface area contributed by atoms with E-state index >= 15 is 0 Å². The molecule has 6 nitrogen and oxygen atoms in total. The number of carbonyl (C=O) groups excluding carboxylic acids is 1. The SMILES string of the molecule is COc1cccc(C(CN2CCN(C(=O)CCC(C)C)CC2)OCc2ccc(C#N)cc2)c1. The molecule has 33 heavy (non-hydrogen) atoms. The summed E-state index contributed by atoms with van der Waals surface area (Å²) in [6, 6.07) is 17.6. The Hall–Kier alpha value is -2.88. The Bertz CT molecular complexity index is 928. The van der Waals surface area contributed by atoms with Crippen molar-refractivity contribution < 1.29 is 14.3 Å². The average molecular weight is 450 g/mol. The van der Waals surface area contributed by atoms with Crippen molar-refractivity contribution in [1.29, 1.82) is 5.26 Å². The van der Waals surface area contributed by atoms with Crippen molar-refractivity contribution in [2.24, 2.45) is 5.92 Å². The summed E-state index contributed by atoms with van der Waals surface area (Å²) in [4.78, 5) is 16.8. The molecule has 1 aliphatic rings. The number of rotatable bonds is 10. The maximum Gasteiger partial charge on any atom is 0.222 e. The Morgan fingerprint density at radius 3 is 2.45 bits per heavy atom. The van der Waals surface area contributed by atoms with Crippen LogP contribution < -0.4 is 4.74 Å². The summed E-state index contributed by atoms with van der Waals surface area (Å²) in [5.41, 5.74) is 2.74. The maximum absolute atomic E-state index is 12.5. The van der Waals surface area contributed by atoms with Crippen molar-refractivity contribution in [3.63, 3.8) is 0 Å². The molecule has 0 radical (unpaired) electrons. The van der Waals surface area contributed by atoms with E-state index in [4.69, 9.17) is 14.7 Å². The molecule has 2 aromatic rings. The van der Waals surface area contributed by atoms with E-state index in [0.29, 0.717) is 24.5 Å². The number of piperazine rings is 1. The first kappa shape index (κ1) is 24.8. The van der Waals surface area contributed by atoms with Gasteiger partial charge in [0.1, 0.15) is 5.75 Å². The van der Waals surface area contributed by atoms with Gasteiger partial charge in [0.15, 0.2) is 0 Å². The molecule has 2 aromatic carbocycles. The van der Waals surface area contributed by atoms with E-state index in [-0.39, 0.29) is 12.0 Å². The fraction of sp³-hybridized carbons (Fsp3) is 0.481. The predicted octanol–water partition coefficient (Wildman–Crippen LogP) is 4.41. The molecule has 0 bridgehead atoms. The van der Waals surface area contributed by atoms with Crippen molar-refractivity contribution in [2.75, 3.05) is 39.8 Å². The number of amides is 1. The average Bonchev–Trinajstić information content (AvgIpc) is 2.85. The van der Waals surface area contributed by atoms with Gasteiger partial charge in [0.05, 0.1) is 31.5 Å². The molecular formula is C27H35N3O3. The largest absolute Gasteiger partial charge is 0.497 e. The van der Waals surface area contributed by atoms with E-state index in [0.717, 1.165) is 56.0 Å². The van der Waals surface area contributed by atoms with Gasteiger partial charge in [-0.15, -0.1) is 0 Å². The first-order chi connectivity index (χ1) is 16.0. The fourth-order valence-corrected chi connectivity index (χ4v) is 3.95. The number of methoxy groups -OCH3 is 1. The lowest BCUT2D eigenvalue weighted by atomic mass is 10.1. The van der Waals surface area contributed by atoms with Crippen LogP contribution >= 0.6 is 0 Å². The number of ether oxygens (including phenoxy) is 2. The molecule has 1 heterocycles. The zero-order valence-corrected chi connectivity index (χ0v) is 20.0. The molecule has 176 valence electrons. The van der Waals surface area contributed by atoms with Crippen molar-refractivity contribution in [3.8, 4) is 11.8 Å². The van der Waals surface area contributed by atoms with Gasteiger partial charge in [-0.3, -0.25) is 9.69 Å². The molecule has 1 fully saturated rings. The second kappa shape index (κ2) is 12.4. The summed E-state index contributed by atoms with van der Waals surface area (Å²) in [6.07, 6.45) is 1.46. The minimum Gasteiger partial charge on any atom is -0.497 e. The van der Waals surface area contributed by atoms with Crippen LogP contribution in [0, 0.1) is 17.2 Å². The highest BCUT2D eigenvalue weighted by Crippen LogP contribution is 2.25. The second-order valence-corrected chi connectivity index (χ2v) is 9.00. The van der Waals surface area contributed by atoms with Gasteiger partial charge in [-0.05, 0) is 47.7 Å². The van der Waals surface area contributed by atoms with E-state index < -0.39 is 0 Å². The van der Waals surface area contributed by atoms with E-state index in [1.54, 1.807) is 7.11 Å². The van der Waals surface area contributed by atoms with Gasteiger partial charge in [-0.2, -0.15) is 5.26 Å². The Morgan fingerprint density at radius 2 is 1.82 bits per heavy atom. The summed E-state index contributed by atoms with van der Waals surface area (Å²) in [6.45, 7) is 8.72. The van der Waals surface area contributed by atoms with E-state index in [1.165, 1.54) is 0 Å². The monoisotopic (exact) mass is 449 g/mol. The Morgan fingerprint density at radius 1 is 1.09 bits per heavy atom. The normalized spacial score (nSPS) is 15.3. The molecule has 0 aromatic heterocycles. The Labute approximate surface area is 197 Å². The van der Waals surface area contributed by atoms with Gasteiger partial charge in [-0.1, -0.05) is 38.1 Å². The van der Waals surface area contributed by atoms with Gasteiger partial charge in [0.25, 0.3) is 0 Å². The van der Waals surface area contributed by atoms with Crippen molar-refractivity contribution in [2.45, 2.75) is 39.4 Å². The number of hydrogen-bond donors (Lipinski definition) is 0. The highest BCUT2D eigenvalue weighted by Gasteiger charge is 2.24. The van der Waals surface area contributed by atoms with Crippen LogP contribution in [0.4, 0.5) is 0 Å². The molecule has 0 N–H and O–H groups in total. The molecule has 0 spiro atoms. The van der Waals surface area contributed by atoms with Crippen LogP contribution in [0.3, 0.4) is 0 Å². The molecule has 1 amide bonds. The van der Waals surface area contributed by atoms with Crippen LogP contribution in [0.5, 0.6) is 5.75 Å². The maximum atomic E-state index is 12.5. The molecular weight excluding hydrogens is 414 g/mol. The van der Waals surface area contributed by atoms with E-state index in [1.807, 2.05) is 47.4 Å². The molecule has 0 aliphatic carbocycles. The predicted molar refractivity (Wildman–Crippen MR) is 129 cm³/mol. The highest BCUT2D eigenvalue weighted by atomic mass is 16.5. The summed E-state index contributed by atoms with van der Waals surface area (Å²) in [7, 11) is 1.67. The first-order valence-electron chi connectivity index (χ1n) is 11.7. The number of nitrogens with zero attached hydrogens (tertiary/aromatic N) is 3. The fourth-order valence-electron chi connectivity index (χ4n) is 3.95. The van der Waals surface area contributed by atoms with E-state index in [9.17, 15) is 4.79 Å². The van der Waals surface area contributed by atoms with Gasteiger partial charge < -0.3 is 14.4 Å². The van der Waals surface area contributed by atoms with Gasteiger partial charge in [-0.25, -0.2) is 0 Å². The van der Waals surface area contributed by atoms with Crippen molar-refractivity contribution >= 4 is 5.91 Å². The lowest BCUT2D eigenvalue weighted by Crippen LogP contribution is -2.49. The molecule has 1 atom stereocenters. The van der Waals surface area contributed by atoms with Gasteiger partial charge in [0, 0.05) is 39.1 Å². The van der Waals surface area contributed by atoms with Crippen LogP contribution in [0.15, 0.2) is 48.5 Å². The van der Waals surface area contributed by atoms with Crippen molar-refractivity contribution in [1.82, 2.24) is 9.80 Å². The Kier molecular flexibility index (Phi) is 9.29. The van der Waals surface area contributed by atoms with Crippen LogP contribution in [0.2, 0.25) is 0 Å². The summed E-state index contributed by atoms with van der Waals surface area (Å²) in [5.74, 6) is 1.62. The van der Waals surface area contributed by atoms with Crippen LogP contribution in [0.1, 0.15) is 49.5 Å². The molecule has 0 saturated carbocycles. The van der Waals surface area contributed by atoms with Crippen LogP contribution in [-0.4, -0.2) is 55.5 Å². The topological polar surface area (TPSA) is 65.8 Å². The van der Waals surface area contributed by atoms with Gasteiger partial charge in [0.2, 0.25) is 5.91 Å². The minimum absolute atomic E-state index is 0.126. The summed E-state index contributed by atoms with van der Waals surface area (Å²) >= 11 is 0. The number of benzene rings is 2. The molecule has 1 aliphatic heterocycles. The zero-order chi connectivity index (χ0) is 23.6. The molecule has 1 unspecified atom stereocenters. The number of carbonyl (C=O) groups is 1. The zero-order valence-electron chi connectivity index (χ0n) is 20.0. The third-order valence-electron chi connectivity index (χ3n) is 6.08. The highest BCUT2D eigenvalue weighted by molar-refractivity contribution is 5.76.